The van der Waals surface area contributed by atoms with Crippen LogP contribution in [0.5, 0.6) is 0 Å². The Morgan fingerprint density at radius 3 is 2.94 bits per heavy atom. The van der Waals surface area contributed by atoms with Crippen LogP contribution in [0.2, 0.25) is 0 Å². The maximum Gasteiger partial charge on any atom is 0.289 e. The summed E-state index contributed by atoms with van der Waals surface area (Å²) in [6.07, 6.45) is 2.98. The molecule has 0 fully saturated rings. The number of nitrogens with one attached hydrogen (secondary N) is 1. The minimum Gasteiger partial charge on any atom is -0.449 e. The number of hydrogen-bond acceptors (Lipinski definition) is 4. The fraction of sp³-hybridized carbons (Fsp3) is 0. The number of aromatic nitrogens is 1. The third-order valence-electron chi connectivity index (χ3n) is 1.85. The van der Waals surface area contributed by atoms with Gasteiger partial charge in [0.1, 0.15) is 11.5 Å². The quantitative estimate of drug-likeness (QED) is 0.528. The summed E-state index contributed by atoms with van der Waals surface area (Å²) in [6, 6.07) is 8.66. The van der Waals surface area contributed by atoms with Gasteiger partial charge in [-0.15, -0.1) is 0 Å². The number of pyridine rings is 1. The van der Waals surface area contributed by atoms with Crippen LogP contribution >= 0.6 is 22.6 Å². The van der Waals surface area contributed by atoms with Crippen molar-refractivity contribution < 1.29 is 9.21 Å². The van der Waals surface area contributed by atoms with Gasteiger partial charge in [0.15, 0.2) is 3.77 Å². The van der Waals surface area contributed by atoms with Gasteiger partial charge in [-0.2, -0.15) is 5.10 Å². The molecule has 2 aromatic rings. The smallest absolute Gasteiger partial charge is 0.289 e. The number of hydrazone groups is 1. The Hall–Kier alpha value is -1.70. The van der Waals surface area contributed by atoms with E-state index in [9.17, 15) is 4.79 Å². The van der Waals surface area contributed by atoms with Crippen LogP contribution in [0.25, 0.3) is 0 Å². The van der Waals surface area contributed by atoms with Crippen molar-refractivity contribution in [2.75, 3.05) is 0 Å². The van der Waals surface area contributed by atoms with Crippen LogP contribution < -0.4 is 5.43 Å². The monoisotopic (exact) mass is 341 g/mol. The molecule has 5 nitrogen and oxygen atoms in total. The topological polar surface area (TPSA) is 67.5 Å². The minimum atomic E-state index is -0.358. The zero-order valence-corrected chi connectivity index (χ0v) is 10.8. The summed E-state index contributed by atoms with van der Waals surface area (Å²) in [5, 5.41) is 3.77. The molecule has 1 amide bonds. The van der Waals surface area contributed by atoms with E-state index < -0.39 is 0 Å². The Bertz CT molecular complexity index is 537. The molecule has 86 valence electrons. The second-order valence-corrected chi connectivity index (χ2v) is 4.12. The van der Waals surface area contributed by atoms with Gasteiger partial charge >= 0.3 is 0 Å². The average molecular weight is 341 g/mol. The lowest BCUT2D eigenvalue weighted by Crippen LogP contribution is -2.18. The molecular weight excluding hydrogens is 333 g/mol. The van der Waals surface area contributed by atoms with E-state index in [-0.39, 0.29) is 5.91 Å². The lowest BCUT2D eigenvalue weighted by molar-refractivity contribution is 0.0950. The molecule has 0 aliphatic carbocycles. The third kappa shape index (κ3) is 3.38. The minimum absolute atomic E-state index is 0.318. The van der Waals surface area contributed by atoms with Crippen molar-refractivity contribution in [3.05, 3.63) is 51.7 Å². The van der Waals surface area contributed by atoms with Gasteiger partial charge in [-0.25, -0.2) is 5.43 Å². The SMILES string of the molecule is O=C(N/N=C\c1ccc(I)o1)c1ccccn1. The highest BCUT2D eigenvalue weighted by Crippen LogP contribution is 2.07. The van der Waals surface area contributed by atoms with E-state index in [4.69, 9.17) is 4.42 Å². The van der Waals surface area contributed by atoms with Crippen molar-refractivity contribution in [1.29, 1.82) is 0 Å². The summed E-state index contributed by atoms with van der Waals surface area (Å²) in [4.78, 5) is 15.4. The van der Waals surface area contributed by atoms with Gasteiger partial charge in [-0.05, 0) is 46.9 Å². The summed E-state index contributed by atoms with van der Waals surface area (Å²) >= 11 is 2.05. The third-order valence-corrected chi connectivity index (χ3v) is 2.43. The van der Waals surface area contributed by atoms with Gasteiger partial charge in [0.2, 0.25) is 0 Å². The second-order valence-electron chi connectivity index (χ2n) is 3.06. The van der Waals surface area contributed by atoms with Crippen LogP contribution in [0.15, 0.2) is 46.0 Å². The standard InChI is InChI=1S/C11H8IN3O2/c12-10-5-4-8(17-10)7-14-15-11(16)9-3-1-2-6-13-9/h1-7H,(H,15,16)/b14-7-. The maximum atomic E-state index is 11.5. The number of carbonyl (C=O) groups excluding carboxylic acids is 1. The van der Waals surface area contributed by atoms with Crippen molar-refractivity contribution in [3.8, 4) is 0 Å². The first-order chi connectivity index (χ1) is 8.25. The highest BCUT2D eigenvalue weighted by molar-refractivity contribution is 14.1. The van der Waals surface area contributed by atoms with Crippen molar-refractivity contribution in [1.82, 2.24) is 10.4 Å². The van der Waals surface area contributed by atoms with Crippen molar-refractivity contribution >= 4 is 34.7 Å². The molecule has 2 heterocycles. The highest BCUT2D eigenvalue weighted by atomic mass is 127. The lowest BCUT2D eigenvalue weighted by atomic mass is 10.3. The summed E-state index contributed by atoms with van der Waals surface area (Å²) in [6.45, 7) is 0. The second kappa shape index (κ2) is 5.58. The first-order valence-corrected chi connectivity index (χ1v) is 5.83. The molecule has 0 radical (unpaired) electrons. The molecule has 1 N–H and O–H groups in total. The number of nitrogens with zero attached hydrogens (tertiary/aromatic N) is 2. The van der Waals surface area contributed by atoms with Gasteiger partial charge in [0.25, 0.3) is 5.91 Å². The molecule has 2 rings (SSSR count). The van der Waals surface area contributed by atoms with Gasteiger partial charge < -0.3 is 4.42 Å². The lowest BCUT2D eigenvalue weighted by Gasteiger charge is -1.96. The fourth-order valence-corrected chi connectivity index (χ4v) is 1.54. The Labute approximate surface area is 111 Å². The summed E-state index contributed by atoms with van der Waals surface area (Å²) in [5.41, 5.74) is 2.68. The molecule has 0 aromatic carbocycles. The highest BCUT2D eigenvalue weighted by Gasteiger charge is 2.03. The normalized spacial score (nSPS) is 10.6. The van der Waals surface area contributed by atoms with E-state index in [2.05, 4.69) is 15.5 Å². The van der Waals surface area contributed by atoms with Gasteiger partial charge in [-0.3, -0.25) is 9.78 Å². The van der Waals surface area contributed by atoms with Crippen LogP contribution in [0.1, 0.15) is 16.2 Å². The number of rotatable bonds is 3. The number of furan rings is 1. The summed E-state index contributed by atoms with van der Waals surface area (Å²) in [5.74, 6) is 0.221. The predicted octanol–water partition coefficient (Wildman–Crippen LogP) is 2.04. The van der Waals surface area contributed by atoms with E-state index in [0.717, 1.165) is 3.77 Å². The molecule has 2 aromatic heterocycles. The van der Waals surface area contributed by atoms with Gasteiger partial charge in [0.05, 0.1) is 6.21 Å². The number of hydrogen-bond donors (Lipinski definition) is 1. The van der Waals surface area contributed by atoms with Gasteiger partial charge in [-0.1, -0.05) is 6.07 Å². The summed E-state index contributed by atoms with van der Waals surface area (Å²) in [7, 11) is 0. The molecule has 0 saturated heterocycles. The van der Waals surface area contributed by atoms with E-state index in [1.54, 1.807) is 30.5 Å². The number of carbonyl (C=O) groups is 1. The van der Waals surface area contributed by atoms with Crippen molar-refractivity contribution in [2.45, 2.75) is 0 Å². The first kappa shape index (κ1) is 11.8. The fourth-order valence-electron chi connectivity index (χ4n) is 1.11. The van der Waals surface area contributed by atoms with Crippen molar-refractivity contribution in [2.24, 2.45) is 5.10 Å². The molecule has 0 atom stereocenters. The molecule has 0 aliphatic heterocycles. The zero-order valence-electron chi connectivity index (χ0n) is 8.63. The van der Waals surface area contributed by atoms with Crippen LogP contribution in [0, 0.1) is 3.77 Å². The van der Waals surface area contributed by atoms with Crippen LogP contribution in [-0.4, -0.2) is 17.1 Å². The van der Waals surface area contributed by atoms with E-state index in [1.165, 1.54) is 6.21 Å². The zero-order chi connectivity index (χ0) is 12.1. The molecule has 0 aliphatic rings. The van der Waals surface area contributed by atoms with Gasteiger partial charge in [0, 0.05) is 6.20 Å². The van der Waals surface area contributed by atoms with Crippen molar-refractivity contribution in [3.63, 3.8) is 0 Å². The van der Waals surface area contributed by atoms with Crippen LogP contribution in [0.4, 0.5) is 0 Å². The maximum absolute atomic E-state index is 11.5. The first-order valence-electron chi connectivity index (χ1n) is 4.75. The molecule has 0 unspecified atom stereocenters. The molecular formula is C11H8IN3O2. The van der Waals surface area contributed by atoms with Crippen LogP contribution in [-0.2, 0) is 0 Å². The molecule has 6 heteroatoms. The Balaban J connectivity index is 1.95. The molecule has 17 heavy (non-hydrogen) atoms. The molecule has 0 bridgehead atoms. The molecule has 0 saturated carbocycles. The number of amides is 1. The Morgan fingerprint density at radius 1 is 1.41 bits per heavy atom. The molecule has 0 spiro atoms. The number of halogens is 1. The Morgan fingerprint density at radius 2 is 2.29 bits per heavy atom. The largest absolute Gasteiger partial charge is 0.449 e. The Kier molecular flexibility index (Phi) is 3.86. The summed E-state index contributed by atoms with van der Waals surface area (Å²) < 4.78 is 6.01. The van der Waals surface area contributed by atoms with E-state index in [1.807, 2.05) is 28.7 Å². The average Bonchev–Trinajstić information content (AvgIpc) is 2.76. The van der Waals surface area contributed by atoms with E-state index in [0.29, 0.717) is 11.5 Å². The predicted molar refractivity (Wildman–Crippen MR) is 70.7 cm³/mol. The van der Waals surface area contributed by atoms with Crippen LogP contribution in [0.3, 0.4) is 0 Å². The van der Waals surface area contributed by atoms with E-state index >= 15 is 0 Å².